The predicted octanol–water partition coefficient (Wildman–Crippen LogP) is 4.27. The van der Waals surface area contributed by atoms with Crippen molar-refractivity contribution in [2.45, 2.75) is 45.4 Å². The van der Waals surface area contributed by atoms with Gasteiger partial charge in [0, 0.05) is 31.5 Å². The van der Waals surface area contributed by atoms with Gasteiger partial charge in [0.2, 0.25) is 0 Å². The molecular weight excluding hydrogens is 376 g/mol. The number of aromatic nitrogens is 2. The maximum atomic E-state index is 6.09. The molecule has 0 bridgehead atoms. The molecule has 3 N–H and O–H groups in total. The van der Waals surface area contributed by atoms with E-state index in [9.17, 15) is 0 Å². The normalized spacial score (nSPS) is 16.2. The fourth-order valence-corrected chi connectivity index (χ4v) is 3.82. The van der Waals surface area contributed by atoms with E-state index in [1.165, 1.54) is 5.56 Å². The minimum atomic E-state index is 0.332. The van der Waals surface area contributed by atoms with Gasteiger partial charge in [0.1, 0.15) is 17.3 Å². The minimum absolute atomic E-state index is 0.332. The van der Waals surface area contributed by atoms with Gasteiger partial charge < -0.3 is 25.1 Å². The summed E-state index contributed by atoms with van der Waals surface area (Å²) in [5.41, 5.74) is 9.55. The molecule has 6 heteroatoms. The number of rotatable bonds is 9. The standard InChI is InChI=1S/C24H30N4O2/c1-17-5-7-20(8-6-17)30-21-9-10-22-23(14-21)28(12-11-19-4-3-13-29-19)24(27-22)16-26-15-18(2)25/h5-10,14,19,26H,2-4,11-13,15-16,25H2,1H3. The number of hydrogen-bond donors (Lipinski definition) is 2. The summed E-state index contributed by atoms with van der Waals surface area (Å²) >= 11 is 0. The van der Waals surface area contributed by atoms with Gasteiger partial charge in [-0.25, -0.2) is 4.98 Å². The second kappa shape index (κ2) is 9.32. The molecule has 3 aromatic rings. The SMILES string of the molecule is C=C(N)CNCc1nc2ccc(Oc3ccc(C)cc3)cc2n1CCC1CCCO1. The van der Waals surface area contributed by atoms with Gasteiger partial charge in [-0.05, 0) is 50.5 Å². The van der Waals surface area contributed by atoms with Crippen LogP contribution in [0.4, 0.5) is 0 Å². The van der Waals surface area contributed by atoms with E-state index in [0.717, 1.165) is 60.8 Å². The molecule has 158 valence electrons. The summed E-state index contributed by atoms with van der Waals surface area (Å²) in [6.45, 7) is 8.74. The van der Waals surface area contributed by atoms with Crippen LogP contribution in [-0.4, -0.2) is 28.8 Å². The number of nitrogens with zero attached hydrogens (tertiary/aromatic N) is 2. The van der Waals surface area contributed by atoms with Gasteiger partial charge in [0.05, 0.1) is 23.7 Å². The van der Waals surface area contributed by atoms with Crippen LogP contribution in [0.1, 0.15) is 30.7 Å². The van der Waals surface area contributed by atoms with Crippen LogP contribution in [0.2, 0.25) is 0 Å². The molecule has 2 heterocycles. The van der Waals surface area contributed by atoms with Gasteiger partial charge in [-0.3, -0.25) is 0 Å². The van der Waals surface area contributed by atoms with Crippen LogP contribution in [0.3, 0.4) is 0 Å². The number of aryl methyl sites for hydroxylation is 2. The van der Waals surface area contributed by atoms with Crippen molar-refractivity contribution in [3.8, 4) is 11.5 Å². The van der Waals surface area contributed by atoms with Crippen molar-refractivity contribution in [3.63, 3.8) is 0 Å². The Morgan fingerprint density at radius 2 is 2.07 bits per heavy atom. The highest BCUT2D eigenvalue weighted by Gasteiger charge is 2.18. The Labute approximate surface area is 177 Å². The van der Waals surface area contributed by atoms with Crippen molar-refractivity contribution in [1.29, 1.82) is 0 Å². The molecule has 30 heavy (non-hydrogen) atoms. The topological polar surface area (TPSA) is 74.3 Å². The first-order valence-electron chi connectivity index (χ1n) is 10.6. The molecule has 1 saturated heterocycles. The second-order valence-corrected chi connectivity index (χ2v) is 7.93. The monoisotopic (exact) mass is 406 g/mol. The van der Waals surface area contributed by atoms with Crippen LogP contribution in [0, 0.1) is 6.92 Å². The third-order valence-electron chi connectivity index (χ3n) is 5.39. The lowest BCUT2D eigenvalue weighted by molar-refractivity contribution is 0.100. The van der Waals surface area contributed by atoms with Crippen molar-refractivity contribution in [2.24, 2.45) is 5.73 Å². The number of nitrogens with one attached hydrogen (secondary N) is 1. The van der Waals surface area contributed by atoms with E-state index in [2.05, 4.69) is 41.6 Å². The van der Waals surface area contributed by atoms with Gasteiger partial charge in [-0.15, -0.1) is 0 Å². The third-order valence-corrected chi connectivity index (χ3v) is 5.39. The average molecular weight is 407 g/mol. The van der Waals surface area contributed by atoms with Gasteiger partial charge in [-0.2, -0.15) is 0 Å². The fraction of sp³-hybridized carbons (Fsp3) is 0.375. The van der Waals surface area contributed by atoms with Crippen LogP contribution in [0.5, 0.6) is 11.5 Å². The van der Waals surface area contributed by atoms with Crippen molar-refractivity contribution in [1.82, 2.24) is 14.9 Å². The Morgan fingerprint density at radius 1 is 1.27 bits per heavy atom. The van der Waals surface area contributed by atoms with E-state index in [0.29, 0.717) is 24.9 Å². The highest BCUT2D eigenvalue weighted by Crippen LogP contribution is 2.27. The summed E-state index contributed by atoms with van der Waals surface area (Å²) in [6.07, 6.45) is 3.59. The van der Waals surface area contributed by atoms with Crippen LogP contribution >= 0.6 is 0 Å². The molecule has 1 atom stereocenters. The summed E-state index contributed by atoms with van der Waals surface area (Å²) in [6, 6.07) is 14.1. The summed E-state index contributed by atoms with van der Waals surface area (Å²) in [5, 5.41) is 3.32. The molecule has 4 rings (SSSR count). The Hall–Kier alpha value is -2.83. The first-order chi connectivity index (χ1) is 14.6. The predicted molar refractivity (Wildman–Crippen MR) is 120 cm³/mol. The largest absolute Gasteiger partial charge is 0.457 e. The molecule has 0 aliphatic carbocycles. The molecule has 1 fully saturated rings. The zero-order valence-corrected chi connectivity index (χ0v) is 17.6. The molecule has 1 unspecified atom stereocenters. The highest BCUT2D eigenvalue weighted by atomic mass is 16.5. The van der Waals surface area contributed by atoms with E-state index < -0.39 is 0 Å². The highest BCUT2D eigenvalue weighted by molar-refractivity contribution is 5.78. The Morgan fingerprint density at radius 3 is 2.80 bits per heavy atom. The fourth-order valence-electron chi connectivity index (χ4n) is 3.82. The number of benzene rings is 2. The maximum absolute atomic E-state index is 6.09. The molecule has 1 aliphatic heterocycles. The minimum Gasteiger partial charge on any atom is -0.457 e. The smallest absolute Gasteiger partial charge is 0.129 e. The van der Waals surface area contributed by atoms with Gasteiger partial charge in [0.15, 0.2) is 0 Å². The Kier molecular flexibility index (Phi) is 6.35. The van der Waals surface area contributed by atoms with E-state index in [-0.39, 0.29) is 0 Å². The van der Waals surface area contributed by atoms with E-state index in [4.69, 9.17) is 20.2 Å². The molecule has 1 aromatic heterocycles. The third kappa shape index (κ3) is 5.01. The van der Waals surface area contributed by atoms with Gasteiger partial charge in [0.25, 0.3) is 0 Å². The number of ether oxygens (including phenoxy) is 2. The molecule has 0 radical (unpaired) electrons. The van der Waals surface area contributed by atoms with E-state index >= 15 is 0 Å². The lowest BCUT2D eigenvalue weighted by atomic mass is 10.2. The summed E-state index contributed by atoms with van der Waals surface area (Å²) < 4.78 is 14.2. The zero-order valence-electron chi connectivity index (χ0n) is 17.6. The van der Waals surface area contributed by atoms with Crippen LogP contribution < -0.4 is 15.8 Å². The van der Waals surface area contributed by atoms with Crippen LogP contribution in [0.15, 0.2) is 54.7 Å². The summed E-state index contributed by atoms with van der Waals surface area (Å²) in [7, 11) is 0. The quantitative estimate of drug-likeness (QED) is 0.555. The maximum Gasteiger partial charge on any atom is 0.129 e. The molecule has 0 saturated carbocycles. The zero-order chi connectivity index (χ0) is 20.9. The summed E-state index contributed by atoms with van der Waals surface area (Å²) in [5.74, 6) is 2.62. The average Bonchev–Trinajstić information content (AvgIpc) is 3.35. The number of imidazole rings is 1. The molecule has 1 aliphatic rings. The lowest BCUT2D eigenvalue weighted by Gasteiger charge is -2.14. The number of nitrogens with two attached hydrogens (primary N) is 1. The van der Waals surface area contributed by atoms with Crippen molar-refractivity contribution < 1.29 is 9.47 Å². The van der Waals surface area contributed by atoms with Crippen LogP contribution in [-0.2, 0) is 17.8 Å². The Balaban J connectivity index is 1.59. The van der Waals surface area contributed by atoms with Crippen molar-refractivity contribution in [2.75, 3.05) is 13.2 Å². The van der Waals surface area contributed by atoms with Gasteiger partial charge >= 0.3 is 0 Å². The number of fused-ring (bicyclic) bond motifs is 1. The van der Waals surface area contributed by atoms with Crippen LogP contribution in [0.25, 0.3) is 11.0 Å². The Bertz CT molecular complexity index is 1000. The molecule has 0 amide bonds. The first kappa shape index (κ1) is 20.4. The molecular formula is C24H30N4O2. The van der Waals surface area contributed by atoms with E-state index in [1.807, 2.05) is 24.3 Å². The molecule has 2 aromatic carbocycles. The molecule has 6 nitrogen and oxygen atoms in total. The van der Waals surface area contributed by atoms with Gasteiger partial charge in [-0.1, -0.05) is 24.3 Å². The number of hydrogen-bond acceptors (Lipinski definition) is 5. The van der Waals surface area contributed by atoms with Crippen molar-refractivity contribution >= 4 is 11.0 Å². The molecule has 0 spiro atoms. The van der Waals surface area contributed by atoms with Crippen molar-refractivity contribution in [3.05, 3.63) is 66.1 Å². The van der Waals surface area contributed by atoms with E-state index in [1.54, 1.807) is 0 Å². The second-order valence-electron chi connectivity index (χ2n) is 7.93. The lowest BCUT2D eigenvalue weighted by Crippen LogP contribution is -2.22. The first-order valence-corrected chi connectivity index (χ1v) is 10.6. The summed E-state index contributed by atoms with van der Waals surface area (Å²) in [4.78, 5) is 4.85.